The van der Waals surface area contributed by atoms with E-state index >= 15 is 0 Å². The molecule has 2 N–H and O–H groups in total. The maximum atomic E-state index is 12.1. The van der Waals surface area contributed by atoms with Gasteiger partial charge in [0, 0.05) is 24.7 Å². The van der Waals surface area contributed by atoms with Gasteiger partial charge in [-0.25, -0.2) is 0 Å². The van der Waals surface area contributed by atoms with E-state index in [-0.39, 0.29) is 12.5 Å². The van der Waals surface area contributed by atoms with Gasteiger partial charge >= 0.3 is 0 Å². The Morgan fingerprint density at radius 2 is 2.10 bits per heavy atom. The molecule has 0 spiro atoms. The van der Waals surface area contributed by atoms with Crippen LogP contribution in [-0.4, -0.2) is 48.7 Å². The number of aliphatic hydroxyl groups is 1. The summed E-state index contributed by atoms with van der Waals surface area (Å²) in [6.45, 7) is 5.40. The second-order valence-electron chi connectivity index (χ2n) is 4.84. The normalized spacial score (nSPS) is 10.3. The summed E-state index contributed by atoms with van der Waals surface area (Å²) in [6, 6.07) is 7.60. The van der Waals surface area contributed by atoms with Gasteiger partial charge in [0.05, 0.1) is 5.56 Å². The molecule has 0 fully saturated rings. The minimum Gasteiger partial charge on any atom is -0.384 e. The third-order valence-corrected chi connectivity index (χ3v) is 3.11. The molecule has 1 aromatic carbocycles. The molecule has 1 rings (SSSR count). The van der Waals surface area contributed by atoms with Gasteiger partial charge in [0.2, 0.25) is 0 Å². The summed E-state index contributed by atoms with van der Waals surface area (Å²) in [6.07, 6.45) is 0. The number of carbonyl (C=O) groups excluding carboxylic acids is 1. The van der Waals surface area contributed by atoms with Gasteiger partial charge in [-0.15, -0.1) is 0 Å². The molecule has 0 aliphatic rings. The van der Waals surface area contributed by atoms with E-state index < -0.39 is 0 Å². The van der Waals surface area contributed by atoms with Crippen LogP contribution in [0, 0.1) is 11.8 Å². The van der Waals surface area contributed by atoms with Crippen molar-refractivity contribution in [2.45, 2.75) is 19.9 Å². The van der Waals surface area contributed by atoms with Crippen LogP contribution in [0.3, 0.4) is 0 Å². The van der Waals surface area contributed by atoms with Crippen LogP contribution >= 0.6 is 0 Å². The fourth-order valence-corrected chi connectivity index (χ4v) is 1.62. The van der Waals surface area contributed by atoms with Crippen molar-refractivity contribution in [2.24, 2.45) is 0 Å². The van der Waals surface area contributed by atoms with Crippen LogP contribution in [0.25, 0.3) is 0 Å². The van der Waals surface area contributed by atoms with Gasteiger partial charge in [-0.05, 0) is 33.0 Å². The largest absolute Gasteiger partial charge is 0.384 e. The van der Waals surface area contributed by atoms with Crippen LogP contribution in [-0.2, 0) is 0 Å². The van der Waals surface area contributed by atoms with Gasteiger partial charge in [-0.1, -0.05) is 24.0 Å². The Morgan fingerprint density at radius 1 is 1.40 bits per heavy atom. The average Bonchev–Trinajstić information content (AvgIpc) is 2.45. The summed E-state index contributed by atoms with van der Waals surface area (Å²) >= 11 is 0. The highest BCUT2D eigenvalue weighted by Gasteiger charge is 2.09. The highest BCUT2D eigenvalue weighted by Crippen LogP contribution is 2.07. The van der Waals surface area contributed by atoms with E-state index in [0.29, 0.717) is 23.7 Å². The molecule has 4 nitrogen and oxygen atoms in total. The average molecular weight is 274 g/mol. The number of benzene rings is 1. The van der Waals surface area contributed by atoms with Gasteiger partial charge in [-0.2, -0.15) is 0 Å². The fraction of sp³-hybridized carbons (Fsp3) is 0.438. The van der Waals surface area contributed by atoms with Gasteiger partial charge in [0.15, 0.2) is 0 Å². The van der Waals surface area contributed by atoms with Crippen molar-refractivity contribution in [3.8, 4) is 11.8 Å². The lowest BCUT2D eigenvalue weighted by Crippen LogP contribution is -2.36. The van der Waals surface area contributed by atoms with Crippen molar-refractivity contribution in [2.75, 3.05) is 26.7 Å². The number of amides is 1. The summed E-state index contributed by atoms with van der Waals surface area (Å²) in [5.74, 6) is 5.22. The van der Waals surface area contributed by atoms with E-state index in [1.807, 2.05) is 13.1 Å². The second-order valence-corrected chi connectivity index (χ2v) is 4.84. The van der Waals surface area contributed by atoms with Gasteiger partial charge in [0.25, 0.3) is 5.91 Å². The molecule has 0 bridgehead atoms. The Bertz CT molecular complexity index is 501. The zero-order chi connectivity index (χ0) is 15.0. The van der Waals surface area contributed by atoms with E-state index in [4.69, 9.17) is 5.11 Å². The summed E-state index contributed by atoms with van der Waals surface area (Å²) in [7, 11) is 2.03. The van der Waals surface area contributed by atoms with Crippen molar-refractivity contribution in [3.63, 3.8) is 0 Å². The summed E-state index contributed by atoms with van der Waals surface area (Å²) in [5.41, 5.74) is 1.18. The lowest BCUT2D eigenvalue weighted by Gasteiger charge is -2.20. The molecule has 0 unspecified atom stereocenters. The van der Waals surface area contributed by atoms with Crippen LogP contribution in [0.2, 0.25) is 0 Å². The molecule has 0 atom stereocenters. The van der Waals surface area contributed by atoms with Crippen LogP contribution in [0.4, 0.5) is 0 Å². The Morgan fingerprint density at radius 3 is 2.75 bits per heavy atom. The lowest BCUT2D eigenvalue weighted by molar-refractivity contribution is 0.0948. The molecule has 108 valence electrons. The summed E-state index contributed by atoms with van der Waals surface area (Å²) in [4.78, 5) is 14.3. The van der Waals surface area contributed by atoms with E-state index in [2.05, 4.69) is 35.9 Å². The van der Waals surface area contributed by atoms with Crippen molar-refractivity contribution < 1.29 is 9.90 Å². The van der Waals surface area contributed by atoms with Crippen molar-refractivity contribution in [3.05, 3.63) is 35.4 Å². The quantitative estimate of drug-likeness (QED) is 0.791. The molecule has 0 radical (unpaired) electrons. The first-order valence-corrected chi connectivity index (χ1v) is 6.73. The number of rotatable bonds is 5. The molecule has 0 aromatic heterocycles. The SMILES string of the molecule is CC(C)N(C)CCNC(=O)c1ccccc1C#CCO. The molecule has 0 saturated carbocycles. The van der Waals surface area contributed by atoms with Crippen molar-refractivity contribution in [1.29, 1.82) is 0 Å². The number of carbonyl (C=O) groups is 1. The maximum Gasteiger partial charge on any atom is 0.252 e. The Balaban J connectivity index is 2.64. The van der Waals surface area contributed by atoms with E-state index in [9.17, 15) is 4.79 Å². The molecule has 1 amide bonds. The minimum absolute atomic E-state index is 0.134. The van der Waals surface area contributed by atoms with E-state index in [1.165, 1.54) is 0 Å². The monoisotopic (exact) mass is 274 g/mol. The van der Waals surface area contributed by atoms with Crippen LogP contribution in [0.15, 0.2) is 24.3 Å². The van der Waals surface area contributed by atoms with Crippen LogP contribution in [0.5, 0.6) is 0 Å². The van der Waals surface area contributed by atoms with E-state index in [1.54, 1.807) is 18.2 Å². The Labute approximate surface area is 120 Å². The molecule has 1 aromatic rings. The van der Waals surface area contributed by atoms with E-state index in [0.717, 1.165) is 6.54 Å². The highest BCUT2D eigenvalue weighted by molar-refractivity contribution is 5.96. The molecule has 0 aliphatic carbocycles. The number of hydrogen-bond acceptors (Lipinski definition) is 3. The molecule has 4 heteroatoms. The predicted molar refractivity (Wildman–Crippen MR) is 80.5 cm³/mol. The first kappa shape index (κ1) is 16.2. The third-order valence-electron chi connectivity index (χ3n) is 3.11. The zero-order valence-corrected chi connectivity index (χ0v) is 12.3. The summed E-state index contributed by atoms with van der Waals surface area (Å²) < 4.78 is 0. The lowest BCUT2D eigenvalue weighted by atomic mass is 10.1. The first-order valence-electron chi connectivity index (χ1n) is 6.73. The van der Waals surface area contributed by atoms with Crippen molar-refractivity contribution in [1.82, 2.24) is 10.2 Å². The maximum absolute atomic E-state index is 12.1. The number of nitrogens with one attached hydrogen (secondary N) is 1. The summed E-state index contributed by atoms with van der Waals surface area (Å²) in [5, 5.41) is 11.6. The zero-order valence-electron chi connectivity index (χ0n) is 12.3. The number of aliphatic hydroxyl groups excluding tert-OH is 1. The first-order chi connectivity index (χ1) is 9.56. The second kappa shape index (κ2) is 8.36. The number of hydrogen-bond donors (Lipinski definition) is 2. The Kier molecular flexibility index (Phi) is 6.78. The number of likely N-dealkylation sites (N-methyl/N-ethyl adjacent to an activating group) is 1. The molecule has 0 heterocycles. The molecule has 0 aliphatic heterocycles. The Hall–Kier alpha value is -1.83. The topological polar surface area (TPSA) is 52.6 Å². The molecule has 0 saturated heterocycles. The fourth-order valence-electron chi connectivity index (χ4n) is 1.62. The highest BCUT2D eigenvalue weighted by atomic mass is 16.2. The molecular weight excluding hydrogens is 252 g/mol. The smallest absolute Gasteiger partial charge is 0.252 e. The predicted octanol–water partition coefficient (Wildman–Crippen LogP) is 1.10. The molecule has 20 heavy (non-hydrogen) atoms. The van der Waals surface area contributed by atoms with Gasteiger partial charge < -0.3 is 15.3 Å². The standard InChI is InChI=1S/C16H22N2O2/c1-13(2)18(3)11-10-17-16(20)15-9-5-4-7-14(15)8-6-12-19/h4-5,7,9,13,19H,10-12H2,1-3H3,(H,17,20). The van der Waals surface area contributed by atoms with Gasteiger partial charge in [0.1, 0.15) is 6.61 Å². The van der Waals surface area contributed by atoms with Gasteiger partial charge in [-0.3, -0.25) is 4.79 Å². The van der Waals surface area contributed by atoms with Crippen LogP contribution < -0.4 is 5.32 Å². The number of nitrogens with zero attached hydrogens (tertiary/aromatic N) is 1. The van der Waals surface area contributed by atoms with Crippen LogP contribution in [0.1, 0.15) is 29.8 Å². The minimum atomic E-state index is -0.213. The van der Waals surface area contributed by atoms with Crippen molar-refractivity contribution >= 4 is 5.91 Å². The molecular formula is C16H22N2O2. The third kappa shape index (κ3) is 5.04.